The molecule has 0 bridgehead atoms. The lowest BCUT2D eigenvalue weighted by Crippen LogP contribution is -2.40. The molecule has 0 spiro atoms. The van der Waals surface area contributed by atoms with Crippen LogP contribution >= 0.6 is 0 Å². The highest BCUT2D eigenvalue weighted by Gasteiger charge is 2.29. The average Bonchev–Trinajstić information content (AvgIpc) is 3.14. The second-order valence-corrected chi connectivity index (χ2v) is 9.38. The van der Waals surface area contributed by atoms with Crippen molar-refractivity contribution < 1.29 is 0 Å². The van der Waals surface area contributed by atoms with Gasteiger partial charge in [0.05, 0.1) is 0 Å². The zero-order valence-corrected chi connectivity index (χ0v) is 18.7. The predicted octanol–water partition coefficient (Wildman–Crippen LogP) is 6.80. The molecule has 1 aliphatic rings. The van der Waals surface area contributed by atoms with Crippen LogP contribution in [-0.4, -0.2) is 29.1 Å². The number of benzene rings is 2. The number of fused-ring (bicyclic) bond motifs is 1. The summed E-state index contributed by atoms with van der Waals surface area (Å²) in [6, 6.07) is 19.8. The van der Waals surface area contributed by atoms with E-state index in [1.165, 1.54) is 72.9 Å². The molecule has 0 unspecified atom stereocenters. The number of hydrogen-bond donors (Lipinski definition) is 0. The molecule has 3 aromatic rings. The summed E-state index contributed by atoms with van der Waals surface area (Å²) >= 11 is 0. The van der Waals surface area contributed by atoms with E-state index in [0.29, 0.717) is 5.41 Å². The maximum absolute atomic E-state index is 4.28. The third-order valence-corrected chi connectivity index (χ3v) is 7.01. The van der Waals surface area contributed by atoms with Gasteiger partial charge < -0.3 is 9.47 Å². The molecule has 2 heterocycles. The van der Waals surface area contributed by atoms with Crippen LogP contribution in [0.4, 0.5) is 0 Å². The first-order chi connectivity index (χ1) is 14.6. The van der Waals surface area contributed by atoms with Crippen LogP contribution in [0.5, 0.6) is 0 Å². The smallest absolute Gasteiger partial charge is 0.0486 e. The fourth-order valence-corrected chi connectivity index (χ4v) is 4.95. The number of piperidine rings is 1. The third-order valence-electron chi connectivity index (χ3n) is 7.01. The SMILES string of the molecule is C=C(CC)c1cn(CCCN2CCC(C)(Cc3ccccc3)CC2)c2ccccc12. The lowest BCUT2D eigenvalue weighted by atomic mass is 9.75. The van der Waals surface area contributed by atoms with Gasteiger partial charge in [-0.1, -0.05) is 69.0 Å². The molecule has 158 valence electrons. The van der Waals surface area contributed by atoms with Gasteiger partial charge >= 0.3 is 0 Å². The first kappa shape index (κ1) is 20.9. The highest BCUT2D eigenvalue weighted by Crippen LogP contribution is 2.34. The minimum atomic E-state index is 0.448. The Labute approximate surface area is 182 Å². The zero-order chi connectivity index (χ0) is 21.0. The summed E-state index contributed by atoms with van der Waals surface area (Å²) in [6.45, 7) is 13.7. The van der Waals surface area contributed by atoms with E-state index in [9.17, 15) is 0 Å². The largest absolute Gasteiger partial charge is 0.347 e. The summed E-state index contributed by atoms with van der Waals surface area (Å²) < 4.78 is 2.44. The minimum absolute atomic E-state index is 0.448. The van der Waals surface area contributed by atoms with Gasteiger partial charge in [-0.2, -0.15) is 0 Å². The van der Waals surface area contributed by atoms with Crippen LogP contribution in [0.1, 0.15) is 50.7 Å². The van der Waals surface area contributed by atoms with Gasteiger partial charge in [0.15, 0.2) is 0 Å². The second-order valence-electron chi connectivity index (χ2n) is 9.38. The number of aromatic nitrogens is 1. The summed E-state index contributed by atoms with van der Waals surface area (Å²) in [7, 11) is 0. The van der Waals surface area contributed by atoms with E-state index in [1.807, 2.05) is 0 Å². The number of likely N-dealkylation sites (tertiary alicyclic amines) is 1. The third kappa shape index (κ3) is 4.70. The van der Waals surface area contributed by atoms with E-state index >= 15 is 0 Å². The fourth-order valence-electron chi connectivity index (χ4n) is 4.95. The lowest BCUT2D eigenvalue weighted by Gasteiger charge is -2.39. The van der Waals surface area contributed by atoms with Gasteiger partial charge in [0, 0.05) is 29.2 Å². The van der Waals surface area contributed by atoms with Gasteiger partial charge in [-0.05, 0) is 74.4 Å². The molecule has 1 fully saturated rings. The van der Waals surface area contributed by atoms with Crippen molar-refractivity contribution in [1.82, 2.24) is 9.47 Å². The van der Waals surface area contributed by atoms with Gasteiger partial charge in [-0.15, -0.1) is 0 Å². The van der Waals surface area contributed by atoms with Gasteiger partial charge in [0.25, 0.3) is 0 Å². The molecule has 0 radical (unpaired) electrons. The van der Waals surface area contributed by atoms with Crippen molar-refractivity contribution in [2.75, 3.05) is 19.6 Å². The Bertz CT molecular complexity index is 974. The number of rotatable bonds is 8. The molecular formula is C28H36N2. The van der Waals surface area contributed by atoms with Crippen molar-refractivity contribution in [2.45, 2.75) is 52.5 Å². The molecule has 4 rings (SSSR count). The highest BCUT2D eigenvalue weighted by molar-refractivity contribution is 5.92. The lowest BCUT2D eigenvalue weighted by molar-refractivity contribution is 0.116. The molecule has 2 nitrogen and oxygen atoms in total. The Balaban J connectivity index is 1.31. The topological polar surface area (TPSA) is 8.17 Å². The van der Waals surface area contributed by atoms with Crippen LogP contribution in [0.2, 0.25) is 0 Å². The number of aryl methyl sites for hydroxylation is 1. The number of nitrogens with zero attached hydrogens (tertiary/aromatic N) is 2. The van der Waals surface area contributed by atoms with Gasteiger partial charge in [0.1, 0.15) is 0 Å². The molecule has 2 aromatic carbocycles. The first-order valence-corrected chi connectivity index (χ1v) is 11.6. The quantitative estimate of drug-likeness (QED) is 0.404. The molecule has 1 aliphatic heterocycles. The molecule has 1 saturated heterocycles. The van der Waals surface area contributed by atoms with Crippen LogP contribution in [0.3, 0.4) is 0 Å². The maximum Gasteiger partial charge on any atom is 0.0486 e. The van der Waals surface area contributed by atoms with Crippen molar-refractivity contribution in [1.29, 1.82) is 0 Å². The van der Waals surface area contributed by atoms with E-state index in [2.05, 4.69) is 90.7 Å². The predicted molar refractivity (Wildman–Crippen MR) is 130 cm³/mol. The molecule has 0 atom stereocenters. The van der Waals surface area contributed by atoms with E-state index in [1.54, 1.807) is 0 Å². The Morgan fingerprint density at radius 2 is 1.67 bits per heavy atom. The van der Waals surface area contributed by atoms with Gasteiger partial charge in [-0.25, -0.2) is 0 Å². The molecular weight excluding hydrogens is 364 g/mol. The summed E-state index contributed by atoms with van der Waals surface area (Å²) in [4.78, 5) is 2.67. The standard InChI is InChI=1S/C28H36N2/c1-4-23(2)26-22-30(27-14-9-8-13-25(26)27)18-10-17-29-19-15-28(3,16-20-29)21-24-11-6-5-7-12-24/h5-9,11-14,22H,2,4,10,15-21H2,1,3H3. The molecule has 0 saturated carbocycles. The fraction of sp³-hybridized carbons (Fsp3) is 0.429. The first-order valence-electron chi connectivity index (χ1n) is 11.6. The maximum atomic E-state index is 4.28. The normalized spacial score (nSPS) is 16.7. The molecule has 30 heavy (non-hydrogen) atoms. The molecule has 1 aromatic heterocycles. The van der Waals surface area contributed by atoms with E-state index < -0.39 is 0 Å². The van der Waals surface area contributed by atoms with Crippen molar-refractivity contribution in [2.24, 2.45) is 5.41 Å². The average molecular weight is 401 g/mol. The number of allylic oxidation sites excluding steroid dienone is 1. The van der Waals surface area contributed by atoms with Crippen LogP contribution < -0.4 is 0 Å². The van der Waals surface area contributed by atoms with Crippen molar-refractivity contribution in [3.63, 3.8) is 0 Å². The Morgan fingerprint density at radius 1 is 0.967 bits per heavy atom. The second kappa shape index (κ2) is 9.22. The van der Waals surface area contributed by atoms with E-state index in [-0.39, 0.29) is 0 Å². The Hall–Kier alpha value is -2.32. The van der Waals surface area contributed by atoms with Crippen molar-refractivity contribution in [3.05, 3.63) is 78.5 Å². The molecule has 0 amide bonds. The van der Waals surface area contributed by atoms with Crippen molar-refractivity contribution in [3.8, 4) is 0 Å². The van der Waals surface area contributed by atoms with Crippen LogP contribution in [0, 0.1) is 5.41 Å². The summed E-state index contributed by atoms with van der Waals surface area (Å²) in [5.41, 5.74) is 5.83. The number of para-hydroxylation sites is 1. The highest BCUT2D eigenvalue weighted by atomic mass is 15.1. The molecule has 0 N–H and O–H groups in total. The number of hydrogen-bond acceptors (Lipinski definition) is 1. The monoisotopic (exact) mass is 400 g/mol. The molecule has 2 heteroatoms. The van der Waals surface area contributed by atoms with Gasteiger partial charge in [0.2, 0.25) is 0 Å². The summed E-state index contributed by atoms with van der Waals surface area (Å²) in [5, 5.41) is 1.35. The van der Waals surface area contributed by atoms with Crippen molar-refractivity contribution >= 4 is 16.5 Å². The van der Waals surface area contributed by atoms with Crippen LogP contribution in [0.15, 0.2) is 67.4 Å². The van der Waals surface area contributed by atoms with E-state index in [4.69, 9.17) is 0 Å². The zero-order valence-electron chi connectivity index (χ0n) is 18.7. The van der Waals surface area contributed by atoms with E-state index in [0.717, 1.165) is 13.0 Å². The summed E-state index contributed by atoms with van der Waals surface area (Å²) in [6.07, 6.45) is 8.34. The summed E-state index contributed by atoms with van der Waals surface area (Å²) in [5.74, 6) is 0. The van der Waals surface area contributed by atoms with Crippen LogP contribution in [-0.2, 0) is 13.0 Å². The van der Waals surface area contributed by atoms with Crippen LogP contribution in [0.25, 0.3) is 16.5 Å². The molecule has 0 aliphatic carbocycles. The Morgan fingerprint density at radius 3 is 2.40 bits per heavy atom. The Kier molecular flexibility index (Phi) is 6.43. The minimum Gasteiger partial charge on any atom is -0.347 e. The van der Waals surface area contributed by atoms with Gasteiger partial charge in [-0.3, -0.25) is 0 Å².